The van der Waals surface area contributed by atoms with Gasteiger partial charge < -0.3 is 19.5 Å². The van der Waals surface area contributed by atoms with Crippen LogP contribution in [0.4, 0.5) is 0 Å². The first kappa shape index (κ1) is 27.1. The van der Waals surface area contributed by atoms with Crippen LogP contribution >= 0.6 is 0 Å². The summed E-state index contributed by atoms with van der Waals surface area (Å²) in [5.41, 5.74) is -1.83. The summed E-state index contributed by atoms with van der Waals surface area (Å²) in [7, 11) is 5.49. The van der Waals surface area contributed by atoms with E-state index in [1.165, 1.54) is 70.6 Å². The number of aliphatic hydroxyl groups is 1. The van der Waals surface area contributed by atoms with Crippen LogP contribution in [0, 0.1) is 0 Å². The average Bonchev–Trinajstić information content (AvgIpc) is 2.65. The summed E-state index contributed by atoms with van der Waals surface area (Å²) >= 11 is 0. The fourth-order valence-electron chi connectivity index (χ4n) is 4.08. The molecule has 0 saturated carbocycles. The van der Waals surface area contributed by atoms with Crippen molar-refractivity contribution < 1.29 is 25.7 Å². The first-order valence-electron chi connectivity index (χ1n) is 12.9. The maximum absolute atomic E-state index is 12.5. The molecule has 0 aromatic rings. The monoisotopic (exact) mass is 428 g/mol. The second-order valence-corrected chi connectivity index (χ2v) is 10.0. The van der Waals surface area contributed by atoms with Gasteiger partial charge in [0.25, 0.3) is 0 Å². The number of rotatable bonds is 21. The Morgan fingerprint density at radius 1 is 0.800 bits per heavy atom. The van der Waals surface area contributed by atoms with E-state index in [4.69, 9.17) is 1.37 Å². The van der Waals surface area contributed by atoms with Gasteiger partial charge in [-0.15, -0.1) is 0 Å². The van der Waals surface area contributed by atoms with Crippen LogP contribution in [0.3, 0.4) is 0 Å². The average molecular weight is 429 g/mol. The van der Waals surface area contributed by atoms with Crippen molar-refractivity contribution in [2.45, 2.75) is 122 Å². The van der Waals surface area contributed by atoms with Crippen molar-refractivity contribution in [3.05, 3.63) is 0 Å². The molecule has 0 saturated heterocycles. The summed E-state index contributed by atoms with van der Waals surface area (Å²) in [6.07, 6.45) is 17.5. The lowest BCUT2D eigenvalue weighted by atomic mass is 9.89. The van der Waals surface area contributed by atoms with Crippen LogP contribution in [0.5, 0.6) is 0 Å². The zero-order valence-corrected chi connectivity index (χ0v) is 20.1. The van der Waals surface area contributed by atoms with E-state index >= 15 is 0 Å². The van der Waals surface area contributed by atoms with E-state index in [-0.39, 0.29) is 18.7 Å². The van der Waals surface area contributed by atoms with E-state index < -0.39 is 18.0 Å². The van der Waals surface area contributed by atoms with Crippen LogP contribution in [0.2, 0.25) is 0 Å². The minimum atomic E-state index is -1.83. The third-order valence-corrected chi connectivity index (χ3v) is 5.60. The number of unbranched alkanes of at least 4 members (excludes halogenated alkanes) is 14. The Balaban J connectivity index is 3.70. The van der Waals surface area contributed by atoms with Crippen LogP contribution in [0.1, 0.15) is 117 Å². The Hall–Kier alpha value is -0.940. The first-order valence-corrected chi connectivity index (χ1v) is 12.2. The molecule has 0 rings (SSSR count). The SMILES string of the molecule is [2H]CCCCCCCCCCCCCCCCCC(=O)[C@@](O)(CC(=O)[O-])C[N+](C)(C)C. The maximum Gasteiger partial charge on any atom is 0.177 e. The quantitative estimate of drug-likeness (QED) is 0.217. The summed E-state index contributed by atoms with van der Waals surface area (Å²) in [6, 6.07) is 0. The smallest absolute Gasteiger partial charge is 0.177 e. The Morgan fingerprint density at radius 3 is 1.57 bits per heavy atom. The van der Waals surface area contributed by atoms with E-state index in [9.17, 15) is 19.8 Å². The van der Waals surface area contributed by atoms with Gasteiger partial charge in [-0.3, -0.25) is 4.79 Å². The van der Waals surface area contributed by atoms with Crippen LogP contribution in [-0.2, 0) is 9.59 Å². The molecule has 1 atom stereocenters. The Morgan fingerprint density at radius 2 is 1.20 bits per heavy atom. The van der Waals surface area contributed by atoms with E-state index in [2.05, 4.69) is 0 Å². The van der Waals surface area contributed by atoms with Gasteiger partial charge in [-0.1, -0.05) is 96.8 Å². The third-order valence-electron chi connectivity index (χ3n) is 5.60. The number of Topliss-reactive ketones (excluding diaryl/α,β-unsaturated/α-hetero) is 1. The first-order chi connectivity index (χ1) is 14.6. The largest absolute Gasteiger partial charge is 0.550 e. The molecule has 0 fully saturated rings. The predicted molar refractivity (Wildman–Crippen MR) is 122 cm³/mol. The molecule has 5 heteroatoms. The fourth-order valence-corrected chi connectivity index (χ4v) is 4.08. The zero-order valence-electron chi connectivity index (χ0n) is 21.1. The molecule has 0 amide bonds. The Kier molecular flexibility index (Phi) is 15.1. The van der Waals surface area contributed by atoms with Gasteiger partial charge in [-0.25, -0.2) is 0 Å². The second kappa shape index (κ2) is 16.7. The highest BCUT2D eigenvalue weighted by Crippen LogP contribution is 2.20. The van der Waals surface area contributed by atoms with E-state index in [1.54, 1.807) is 0 Å². The number of hydrogen-bond acceptors (Lipinski definition) is 4. The molecule has 0 aliphatic rings. The molecule has 178 valence electrons. The van der Waals surface area contributed by atoms with Gasteiger partial charge in [-0.05, 0) is 6.42 Å². The van der Waals surface area contributed by atoms with Crippen molar-refractivity contribution >= 4 is 11.8 Å². The summed E-state index contributed by atoms with van der Waals surface area (Å²) < 4.78 is 7.44. The zero-order chi connectivity index (χ0) is 23.6. The third kappa shape index (κ3) is 16.8. The van der Waals surface area contributed by atoms with E-state index in [1.807, 2.05) is 21.1 Å². The number of carboxylic acids is 1. The topological polar surface area (TPSA) is 77.4 Å². The van der Waals surface area contributed by atoms with Crippen LogP contribution in [-0.4, -0.2) is 54.6 Å². The molecular weight excluding hydrogens is 378 g/mol. The number of nitrogens with zero attached hydrogens (tertiary/aromatic N) is 1. The number of carbonyl (C=O) groups excluding carboxylic acids is 2. The molecule has 0 aromatic carbocycles. The van der Waals surface area contributed by atoms with Gasteiger partial charge in [0.1, 0.15) is 6.54 Å². The van der Waals surface area contributed by atoms with Crippen molar-refractivity contribution in [3.63, 3.8) is 0 Å². The normalized spacial score (nSPS) is 14.3. The van der Waals surface area contributed by atoms with Crippen molar-refractivity contribution in [2.75, 3.05) is 27.7 Å². The van der Waals surface area contributed by atoms with Gasteiger partial charge in [-0.2, -0.15) is 0 Å². The lowest BCUT2D eigenvalue weighted by Gasteiger charge is -2.34. The lowest BCUT2D eigenvalue weighted by Crippen LogP contribution is -2.56. The number of hydrogen-bond donors (Lipinski definition) is 1. The standard InChI is InChI=1S/C25H49NO4/c1-5-6-7-8-9-10-11-12-13-14-15-16-17-18-19-20-23(27)25(30,21-24(28)29)22-26(2,3)4/h30H,5-22H2,1-4H3/t25-/m1/s1/i1D. The molecule has 0 bridgehead atoms. The van der Waals surface area contributed by atoms with Gasteiger partial charge in [0.2, 0.25) is 0 Å². The molecule has 0 spiro atoms. The molecule has 1 N–H and O–H groups in total. The fraction of sp³-hybridized carbons (Fsp3) is 0.920. The highest BCUT2D eigenvalue weighted by atomic mass is 16.4. The highest BCUT2D eigenvalue weighted by Gasteiger charge is 2.40. The number of carboxylic acid groups (broad SMARTS) is 1. The van der Waals surface area contributed by atoms with Crippen LogP contribution in [0.25, 0.3) is 0 Å². The van der Waals surface area contributed by atoms with Crippen LogP contribution in [0.15, 0.2) is 0 Å². The molecule has 0 aliphatic carbocycles. The van der Waals surface area contributed by atoms with Gasteiger partial charge in [0.05, 0.1) is 21.1 Å². The second-order valence-electron chi connectivity index (χ2n) is 10.0. The van der Waals surface area contributed by atoms with E-state index in [0.717, 1.165) is 19.3 Å². The maximum atomic E-state index is 12.5. The summed E-state index contributed by atoms with van der Waals surface area (Å²) in [4.78, 5) is 23.5. The molecule has 0 heterocycles. The molecule has 5 nitrogen and oxygen atoms in total. The molecule has 0 aromatic heterocycles. The molecule has 0 radical (unpaired) electrons. The molecular formula is C25H49NO4. The Labute approximate surface area is 187 Å². The summed E-state index contributed by atoms with van der Waals surface area (Å²) in [5.74, 6) is -1.76. The van der Waals surface area contributed by atoms with E-state index in [0.29, 0.717) is 17.8 Å². The molecule has 0 unspecified atom stereocenters. The molecule has 0 aliphatic heterocycles. The minimum absolute atomic E-state index is 0.0752. The van der Waals surface area contributed by atoms with Crippen LogP contribution < -0.4 is 5.11 Å². The number of ketones is 1. The number of likely N-dealkylation sites (N-methyl/N-ethyl adjacent to an activating group) is 1. The van der Waals surface area contributed by atoms with Crippen molar-refractivity contribution in [2.24, 2.45) is 0 Å². The van der Waals surface area contributed by atoms with Gasteiger partial charge in [0.15, 0.2) is 11.4 Å². The number of aliphatic carboxylic acids is 1. The van der Waals surface area contributed by atoms with Crippen molar-refractivity contribution in [1.29, 1.82) is 0 Å². The summed E-state index contributed by atoms with van der Waals surface area (Å²) in [5, 5.41) is 21.6. The molecule has 30 heavy (non-hydrogen) atoms. The van der Waals surface area contributed by atoms with Gasteiger partial charge in [0, 0.05) is 20.2 Å². The number of carbonyl (C=O) groups is 2. The van der Waals surface area contributed by atoms with Gasteiger partial charge >= 0.3 is 0 Å². The Bertz CT molecular complexity index is 479. The van der Waals surface area contributed by atoms with Crippen molar-refractivity contribution in [3.8, 4) is 0 Å². The van der Waals surface area contributed by atoms with Crippen molar-refractivity contribution in [1.82, 2.24) is 0 Å². The summed E-state index contributed by atoms with van der Waals surface area (Å²) in [6.45, 7) is 0.648. The highest BCUT2D eigenvalue weighted by molar-refractivity contribution is 5.90. The predicted octanol–water partition coefficient (Wildman–Crippen LogP) is 4.39. The number of quaternary nitrogens is 1. The minimum Gasteiger partial charge on any atom is -0.550 e. The lowest BCUT2D eigenvalue weighted by molar-refractivity contribution is -0.875.